The molecular weight excluding hydrogens is 346 g/mol. The molecule has 2 amide bonds. The van der Waals surface area contributed by atoms with E-state index in [1.165, 1.54) is 0 Å². The van der Waals surface area contributed by atoms with E-state index < -0.39 is 5.54 Å². The highest BCUT2D eigenvalue weighted by Gasteiger charge is 2.39. The molecule has 0 saturated heterocycles. The van der Waals surface area contributed by atoms with Gasteiger partial charge in [-0.3, -0.25) is 9.59 Å². The second-order valence-electron chi connectivity index (χ2n) is 7.56. The van der Waals surface area contributed by atoms with E-state index in [4.69, 9.17) is 15.2 Å². The molecule has 27 heavy (non-hydrogen) atoms. The summed E-state index contributed by atoms with van der Waals surface area (Å²) in [7, 11) is 0. The van der Waals surface area contributed by atoms with Crippen molar-refractivity contribution in [2.24, 2.45) is 11.7 Å². The molecule has 1 fully saturated rings. The molecule has 0 bridgehead atoms. The van der Waals surface area contributed by atoms with Gasteiger partial charge in [-0.1, -0.05) is 12.8 Å². The Morgan fingerprint density at radius 1 is 1.26 bits per heavy atom. The maximum absolute atomic E-state index is 13.0. The Bertz CT molecular complexity index is 704. The molecule has 2 unspecified atom stereocenters. The molecule has 1 aromatic carbocycles. The Hall–Kier alpha value is -2.28. The van der Waals surface area contributed by atoms with E-state index in [-0.39, 0.29) is 24.3 Å². The Kier molecular flexibility index (Phi) is 5.89. The van der Waals surface area contributed by atoms with Crippen molar-refractivity contribution in [3.05, 3.63) is 18.2 Å². The molecule has 1 heterocycles. The topological polar surface area (TPSA) is 93.9 Å². The quantitative estimate of drug-likeness (QED) is 0.822. The second kappa shape index (κ2) is 8.17. The van der Waals surface area contributed by atoms with Gasteiger partial charge in [0.1, 0.15) is 13.2 Å². The van der Waals surface area contributed by atoms with Crippen LogP contribution in [0.1, 0.15) is 39.5 Å². The summed E-state index contributed by atoms with van der Waals surface area (Å²) in [5.74, 6) is 0.789. The first-order valence-electron chi connectivity index (χ1n) is 9.68. The summed E-state index contributed by atoms with van der Waals surface area (Å²) in [6, 6.07) is 5.28. The SMILES string of the molecule is CCN(CC(=O)Nc1ccc2c(c1)OCCO2)C(=O)C1CCCCC1(C)N. The van der Waals surface area contributed by atoms with Gasteiger partial charge in [0.2, 0.25) is 11.8 Å². The summed E-state index contributed by atoms with van der Waals surface area (Å²) in [5, 5.41) is 2.84. The van der Waals surface area contributed by atoms with E-state index in [1.54, 1.807) is 23.1 Å². The molecule has 0 aromatic heterocycles. The van der Waals surface area contributed by atoms with Gasteiger partial charge >= 0.3 is 0 Å². The fourth-order valence-electron chi connectivity index (χ4n) is 3.82. The molecule has 148 valence electrons. The van der Waals surface area contributed by atoms with E-state index >= 15 is 0 Å². The van der Waals surface area contributed by atoms with Gasteiger partial charge in [0.15, 0.2) is 11.5 Å². The van der Waals surface area contributed by atoms with Gasteiger partial charge in [0.25, 0.3) is 0 Å². The van der Waals surface area contributed by atoms with Crippen molar-refractivity contribution in [2.45, 2.75) is 45.1 Å². The average molecular weight is 375 g/mol. The second-order valence-corrected chi connectivity index (χ2v) is 7.56. The molecule has 1 saturated carbocycles. The van der Waals surface area contributed by atoms with Crippen LogP contribution in [0.3, 0.4) is 0 Å². The molecule has 0 spiro atoms. The van der Waals surface area contributed by atoms with E-state index in [1.807, 2.05) is 13.8 Å². The van der Waals surface area contributed by atoms with Crippen LogP contribution in [0.25, 0.3) is 0 Å². The molecule has 2 aliphatic rings. The molecule has 1 aliphatic heterocycles. The van der Waals surface area contributed by atoms with E-state index in [2.05, 4.69) is 5.32 Å². The van der Waals surface area contributed by atoms with Gasteiger partial charge in [-0.25, -0.2) is 0 Å². The lowest BCUT2D eigenvalue weighted by Gasteiger charge is -2.39. The Balaban J connectivity index is 1.62. The number of amides is 2. The Morgan fingerprint density at radius 2 is 2.00 bits per heavy atom. The zero-order chi connectivity index (χ0) is 19.4. The number of ether oxygens (including phenoxy) is 2. The van der Waals surface area contributed by atoms with Crippen LogP contribution in [0.2, 0.25) is 0 Å². The number of nitrogens with two attached hydrogens (primary N) is 1. The van der Waals surface area contributed by atoms with Crippen LogP contribution in [0.5, 0.6) is 11.5 Å². The van der Waals surface area contributed by atoms with Gasteiger partial charge in [-0.15, -0.1) is 0 Å². The number of hydrogen-bond donors (Lipinski definition) is 2. The third kappa shape index (κ3) is 4.53. The van der Waals surface area contributed by atoms with Crippen LogP contribution in [0, 0.1) is 5.92 Å². The first kappa shape index (κ1) is 19.5. The van der Waals surface area contributed by atoms with Crippen molar-refractivity contribution in [2.75, 3.05) is 31.6 Å². The third-order valence-corrected chi connectivity index (χ3v) is 5.41. The molecule has 3 N–H and O–H groups in total. The van der Waals surface area contributed by atoms with Crippen LogP contribution < -0.4 is 20.5 Å². The predicted molar refractivity (Wildman–Crippen MR) is 103 cm³/mol. The lowest BCUT2D eigenvalue weighted by molar-refractivity contribution is -0.141. The minimum Gasteiger partial charge on any atom is -0.486 e. The minimum absolute atomic E-state index is 0.0103. The Morgan fingerprint density at radius 3 is 2.70 bits per heavy atom. The van der Waals surface area contributed by atoms with Crippen molar-refractivity contribution in [3.63, 3.8) is 0 Å². The van der Waals surface area contributed by atoms with Gasteiger partial charge in [-0.05, 0) is 38.8 Å². The average Bonchev–Trinajstić information content (AvgIpc) is 2.65. The van der Waals surface area contributed by atoms with Gasteiger partial charge in [0, 0.05) is 23.8 Å². The van der Waals surface area contributed by atoms with E-state index in [9.17, 15) is 9.59 Å². The first-order chi connectivity index (χ1) is 12.9. The molecule has 7 heteroatoms. The first-order valence-corrected chi connectivity index (χ1v) is 9.68. The molecule has 1 aliphatic carbocycles. The summed E-state index contributed by atoms with van der Waals surface area (Å²) in [5.41, 5.74) is 6.48. The number of carbonyl (C=O) groups is 2. The smallest absolute Gasteiger partial charge is 0.243 e. The number of benzene rings is 1. The standard InChI is InChI=1S/C20H29N3O4/c1-3-23(19(25)15-6-4-5-9-20(15,2)21)13-18(24)22-14-7-8-16-17(12-14)27-11-10-26-16/h7-8,12,15H,3-6,9-11,13,21H2,1-2H3,(H,22,24). The lowest BCUT2D eigenvalue weighted by atomic mass is 9.74. The van der Waals surface area contributed by atoms with Crippen LogP contribution in [-0.2, 0) is 9.59 Å². The van der Waals surface area contributed by atoms with Crippen molar-refractivity contribution in [1.82, 2.24) is 4.90 Å². The summed E-state index contributed by atoms with van der Waals surface area (Å²) >= 11 is 0. The normalized spacial score (nSPS) is 24.2. The third-order valence-electron chi connectivity index (χ3n) is 5.41. The largest absolute Gasteiger partial charge is 0.486 e. The maximum atomic E-state index is 13.0. The molecule has 7 nitrogen and oxygen atoms in total. The van der Waals surface area contributed by atoms with E-state index in [0.717, 1.165) is 25.7 Å². The minimum atomic E-state index is -0.505. The van der Waals surface area contributed by atoms with Crippen LogP contribution >= 0.6 is 0 Å². The fraction of sp³-hybridized carbons (Fsp3) is 0.600. The van der Waals surface area contributed by atoms with Crippen molar-refractivity contribution in [3.8, 4) is 11.5 Å². The fourth-order valence-corrected chi connectivity index (χ4v) is 3.82. The number of hydrogen-bond acceptors (Lipinski definition) is 5. The highest BCUT2D eigenvalue weighted by molar-refractivity contribution is 5.95. The van der Waals surface area contributed by atoms with Crippen molar-refractivity contribution in [1.29, 1.82) is 0 Å². The maximum Gasteiger partial charge on any atom is 0.243 e. The zero-order valence-corrected chi connectivity index (χ0v) is 16.1. The summed E-state index contributed by atoms with van der Waals surface area (Å²) in [4.78, 5) is 27.0. The van der Waals surface area contributed by atoms with Gasteiger partial charge < -0.3 is 25.4 Å². The molecule has 3 rings (SSSR count). The molecule has 0 radical (unpaired) electrons. The van der Waals surface area contributed by atoms with Gasteiger partial charge in [0.05, 0.1) is 12.5 Å². The van der Waals surface area contributed by atoms with Gasteiger partial charge in [-0.2, -0.15) is 0 Å². The number of fused-ring (bicyclic) bond motifs is 1. The number of nitrogens with one attached hydrogen (secondary N) is 1. The number of anilines is 1. The summed E-state index contributed by atoms with van der Waals surface area (Å²) in [6.07, 6.45) is 3.67. The summed E-state index contributed by atoms with van der Waals surface area (Å²) < 4.78 is 11.0. The number of nitrogens with zero attached hydrogens (tertiary/aromatic N) is 1. The van der Waals surface area contributed by atoms with E-state index in [0.29, 0.717) is 36.9 Å². The van der Waals surface area contributed by atoms with Crippen LogP contribution in [0.15, 0.2) is 18.2 Å². The number of rotatable bonds is 5. The van der Waals surface area contributed by atoms with Crippen LogP contribution in [0.4, 0.5) is 5.69 Å². The monoisotopic (exact) mass is 375 g/mol. The van der Waals surface area contributed by atoms with Crippen LogP contribution in [-0.4, -0.2) is 48.6 Å². The zero-order valence-electron chi connectivity index (χ0n) is 16.1. The highest BCUT2D eigenvalue weighted by Crippen LogP contribution is 2.34. The van der Waals surface area contributed by atoms with Crippen molar-refractivity contribution >= 4 is 17.5 Å². The molecule has 1 aromatic rings. The Labute approximate surface area is 160 Å². The lowest BCUT2D eigenvalue weighted by Crippen LogP contribution is -2.54. The highest BCUT2D eigenvalue weighted by atomic mass is 16.6. The number of likely N-dealkylation sites (N-methyl/N-ethyl adjacent to an activating group) is 1. The number of carbonyl (C=O) groups excluding carboxylic acids is 2. The predicted octanol–water partition coefficient (Wildman–Crippen LogP) is 2.15. The molecule has 2 atom stereocenters. The summed E-state index contributed by atoms with van der Waals surface area (Å²) in [6.45, 7) is 5.31. The van der Waals surface area contributed by atoms with Crippen molar-refractivity contribution < 1.29 is 19.1 Å². The molecular formula is C20H29N3O4.